The van der Waals surface area contributed by atoms with Crippen molar-refractivity contribution < 1.29 is 19.1 Å². The van der Waals surface area contributed by atoms with Crippen LogP contribution in [-0.4, -0.2) is 38.2 Å². The molecule has 0 radical (unpaired) electrons. The van der Waals surface area contributed by atoms with Gasteiger partial charge in [0.2, 0.25) is 0 Å². The molecular weight excluding hydrogens is 234 g/mol. The molecule has 2 aliphatic heterocycles. The van der Waals surface area contributed by atoms with Crippen molar-refractivity contribution in [1.29, 1.82) is 0 Å². The summed E-state index contributed by atoms with van der Waals surface area (Å²) in [5.41, 5.74) is 0. The molecule has 6 heteroatoms. The average molecular weight is 246 g/mol. The molecule has 0 aromatic rings. The highest BCUT2D eigenvalue weighted by Gasteiger charge is 2.55. The summed E-state index contributed by atoms with van der Waals surface area (Å²) in [6, 6.07) is -0.572. The summed E-state index contributed by atoms with van der Waals surface area (Å²) in [5.74, 6) is -2.01. The molecule has 2 aliphatic rings. The summed E-state index contributed by atoms with van der Waals surface area (Å²) in [7, 11) is 2.59. The SMILES string of the molecule is COC(=O)C1C2C=C(Cl)C(N2)C1C(=O)OC. The maximum atomic E-state index is 11.6. The Morgan fingerprint density at radius 2 is 1.81 bits per heavy atom. The van der Waals surface area contributed by atoms with Crippen LogP contribution in [0.3, 0.4) is 0 Å². The molecule has 0 amide bonds. The van der Waals surface area contributed by atoms with E-state index in [0.29, 0.717) is 5.03 Å². The average Bonchev–Trinajstić information content (AvgIpc) is 2.82. The highest BCUT2D eigenvalue weighted by molar-refractivity contribution is 6.31. The second kappa shape index (κ2) is 4.07. The third-order valence-electron chi connectivity index (χ3n) is 3.09. The van der Waals surface area contributed by atoms with Crippen LogP contribution in [0.1, 0.15) is 0 Å². The minimum Gasteiger partial charge on any atom is -0.469 e. The molecule has 2 bridgehead atoms. The number of ether oxygens (including phenoxy) is 2. The molecule has 0 aromatic carbocycles. The van der Waals surface area contributed by atoms with Gasteiger partial charge in [-0.1, -0.05) is 17.7 Å². The van der Waals surface area contributed by atoms with Crippen LogP contribution < -0.4 is 5.32 Å². The van der Waals surface area contributed by atoms with Gasteiger partial charge in [0.25, 0.3) is 0 Å². The molecule has 2 rings (SSSR count). The molecule has 88 valence electrons. The van der Waals surface area contributed by atoms with Gasteiger partial charge in [-0.2, -0.15) is 0 Å². The van der Waals surface area contributed by atoms with Crippen LogP contribution in [0.25, 0.3) is 0 Å². The smallest absolute Gasteiger partial charge is 0.311 e. The number of esters is 2. The summed E-state index contributed by atoms with van der Waals surface area (Å²) >= 11 is 5.96. The number of rotatable bonds is 2. The first-order valence-corrected chi connectivity index (χ1v) is 5.27. The molecule has 1 saturated heterocycles. The molecule has 1 N–H and O–H groups in total. The van der Waals surface area contributed by atoms with E-state index in [2.05, 4.69) is 14.8 Å². The zero-order chi connectivity index (χ0) is 11.9. The normalized spacial score (nSPS) is 35.8. The molecule has 1 fully saturated rings. The Morgan fingerprint density at radius 1 is 1.25 bits per heavy atom. The van der Waals surface area contributed by atoms with Crippen molar-refractivity contribution in [2.24, 2.45) is 11.8 Å². The lowest BCUT2D eigenvalue weighted by atomic mass is 9.83. The molecule has 4 atom stereocenters. The van der Waals surface area contributed by atoms with Crippen LogP contribution in [-0.2, 0) is 19.1 Å². The van der Waals surface area contributed by atoms with E-state index in [1.54, 1.807) is 6.08 Å². The molecule has 0 saturated carbocycles. The van der Waals surface area contributed by atoms with E-state index in [1.807, 2.05) is 0 Å². The Kier molecular flexibility index (Phi) is 2.90. The minimum atomic E-state index is -0.597. The van der Waals surface area contributed by atoms with Crippen molar-refractivity contribution >= 4 is 23.5 Å². The molecule has 5 nitrogen and oxygen atoms in total. The van der Waals surface area contributed by atoms with Crippen LogP contribution >= 0.6 is 11.6 Å². The van der Waals surface area contributed by atoms with Gasteiger partial charge in [0.1, 0.15) is 0 Å². The van der Waals surface area contributed by atoms with E-state index in [9.17, 15) is 9.59 Å². The van der Waals surface area contributed by atoms with E-state index in [1.165, 1.54) is 14.2 Å². The topological polar surface area (TPSA) is 64.6 Å². The Morgan fingerprint density at radius 3 is 2.38 bits per heavy atom. The summed E-state index contributed by atoms with van der Waals surface area (Å²) in [4.78, 5) is 23.2. The summed E-state index contributed by atoms with van der Waals surface area (Å²) in [5, 5.41) is 3.64. The monoisotopic (exact) mass is 245 g/mol. The van der Waals surface area contributed by atoms with E-state index in [-0.39, 0.29) is 12.1 Å². The second-order valence-electron chi connectivity index (χ2n) is 3.82. The molecule has 0 aliphatic carbocycles. The summed E-state index contributed by atoms with van der Waals surface area (Å²) in [6.07, 6.45) is 1.74. The van der Waals surface area contributed by atoms with E-state index >= 15 is 0 Å². The summed E-state index contributed by atoms with van der Waals surface area (Å²) in [6.45, 7) is 0. The van der Waals surface area contributed by atoms with Gasteiger partial charge in [0.15, 0.2) is 0 Å². The van der Waals surface area contributed by atoms with Gasteiger partial charge in [-0.05, 0) is 0 Å². The maximum absolute atomic E-state index is 11.6. The number of halogens is 1. The van der Waals surface area contributed by atoms with Crippen LogP contribution in [0.5, 0.6) is 0 Å². The fourth-order valence-corrected chi connectivity index (χ4v) is 2.71. The summed E-state index contributed by atoms with van der Waals surface area (Å²) < 4.78 is 9.38. The van der Waals surface area contributed by atoms with Crippen LogP contribution in [0.4, 0.5) is 0 Å². The third-order valence-corrected chi connectivity index (χ3v) is 3.45. The van der Waals surface area contributed by atoms with Gasteiger partial charge in [0, 0.05) is 11.1 Å². The zero-order valence-corrected chi connectivity index (χ0v) is 9.65. The van der Waals surface area contributed by atoms with Gasteiger partial charge in [0.05, 0.1) is 32.1 Å². The van der Waals surface area contributed by atoms with Crippen molar-refractivity contribution in [3.63, 3.8) is 0 Å². The number of nitrogens with one attached hydrogen (secondary N) is 1. The number of hydrogen-bond donors (Lipinski definition) is 1. The number of hydrogen-bond acceptors (Lipinski definition) is 5. The lowest BCUT2D eigenvalue weighted by molar-refractivity contribution is -0.156. The number of carbonyl (C=O) groups excluding carboxylic acids is 2. The standard InChI is InChI=1S/C10H12ClNO4/c1-15-9(13)6-5-3-4(11)8(12-5)7(6)10(14)16-2/h3,5-8,12H,1-2H3. The van der Waals surface area contributed by atoms with Gasteiger partial charge >= 0.3 is 11.9 Å². The second-order valence-corrected chi connectivity index (χ2v) is 4.26. The van der Waals surface area contributed by atoms with E-state index < -0.39 is 23.8 Å². The number of fused-ring (bicyclic) bond motifs is 2. The largest absolute Gasteiger partial charge is 0.469 e. The molecule has 0 aromatic heterocycles. The van der Waals surface area contributed by atoms with E-state index in [0.717, 1.165) is 0 Å². The highest BCUT2D eigenvalue weighted by atomic mass is 35.5. The van der Waals surface area contributed by atoms with Crippen molar-refractivity contribution in [1.82, 2.24) is 5.32 Å². The molecule has 0 spiro atoms. The van der Waals surface area contributed by atoms with Gasteiger partial charge in [-0.15, -0.1) is 0 Å². The fraction of sp³-hybridized carbons (Fsp3) is 0.600. The van der Waals surface area contributed by atoms with Gasteiger partial charge in [-0.25, -0.2) is 0 Å². The quantitative estimate of drug-likeness (QED) is 0.696. The molecule has 4 unspecified atom stereocenters. The predicted molar refractivity (Wildman–Crippen MR) is 55.7 cm³/mol. The van der Waals surface area contributed by atoms with Crippen molar-refractivity contribution in [2.45, 2.75) is 12.1 Å². The molecule has 16 heavy (non-hydrogen) atoms. The number of methoxy groups -OCH3 is 2. The lowest BCUT2D eigenvalue weighted by Crippen LogP contribution is -2.38. The Bertz CT molecular complexity index is 368. The third kappa shape index (κ3) is 1.51. The highest BCUT2D eigenvalue weighted by Crippen LogP contribution is 2.40. The first kappa shape index (κ1) is 11.4. The molecule has 2 heterocycles. The van der Waals surface area contributed by atoms with Crippen molar-refractivity contribution in [2.75, 3.05) is 14.2 Å². The Hall–Kier alpha value is -1.07. The van der Waals surface area contributed by atoms with Gasteiger partial charge < -0.3 is 14.8 Å². The Balaban J connectivity index is 2.30. The fourth-order valence-electron chi connectivity index (χ4n) is 2.37. The lowest BCUT2D eigenvalue weighted by Gasteiger charge is -2.23. The van der Waals surface area contributed by atoms with Crippen LogP contribution in [0.2, 0.25) is 0 Å². The van der Waals surface area contributed by atoms with Crippen LogP contribution in [0.15, 0.2) is 11.1 Å². The first-order valence-electron chi connectivity index (χ1n) is 4.89. The molecular formula is C10H12ClNO4. The van der Waals surface area contributed by atoms with Crippen molar-refractivity contribution in [3.05, 3.63) is 11.1 Å². The Labute approximate surface area is 97.7 Å². The first-order chi connectivity index (χ1) is 7.60. The number of carbonyl (C=O) groups is 2. The van der Waals surface area contributed by atoms with Gasteiger partial charge in [-0.3, -0.25) is 9.59 Å². The predicted octanol–water partition coefficient (Wildman–Crippen LogP) is 0.0415. The minimum absolute atomic E-state index is 0.242. The maximum Gasteiger partial charge on any atom is 0.311 e. The van der Waals surface area contributed by atoms with E-state index in [4.69, 9.17) is 11.6 Å². The van der Waals surface area contributed by atoms with Crippen LogP contribution in [0, 0.1) is 11.8 Å². The van der Waals surface area contributed by atoms with Crippen molar-refractivity contribution in [3.8, 4) is 0 Å². The zero-order valence-electron chi connectivity index (χ0n) is 8.90.